The molecule has 0 fully saturated rings. The molecule has 2 rings (SSSR count). The van der Waals surface area contributed by atoms with Crippen LogP contribution in [0.4, 0.5) is 0 Å². The van der Waals surface area contributed by atoms with Crippen LogP contribution in [0.1, 0.15) is 25.0 Å². The number of rotatable bonds is 6. The van der Waals surface area contributed by atoms with Gasteiger partial charge in [-0.3, -0.25) is 0 Å². The number of halogens is 4. The zero-order valence-corrected chi connectivity index (χ0v) is 20.1. The van der Waals surface area contributed by atoms with Crippen molar-refractivity contribution in [1.29, 1.82) is 0 Å². The summed E-state index contributed by atoms with van der Waals surface area (Å²) in [5, 5.41) is 0. The van der Waals surface area contributed by atoms with Crippen LogP contribution in [0.2, 0.25) is 0 Å². The Balaban J connectivity index is 2.62. The van der Waals surface area contributed by atoms with Gasteiger partial charge in [-0.2, -0.15) is 0 Å². The third-order valence-electron chi connectivity index (χ3n) is 3.84. The predicted octanol–water partition coefficient (Wildman–Crippen LogP) is 8.11. The molecule has 0 unspecified atom stereocenters. The standard InChI is InChI=1S/C19H16Br4O2/c1-5-24-12-9-7-11(8-10-12)19(3,4)13-14(20)16(22)18(25-6-2)17(23)15(13)21/h5-10H,1-2H2,3-4H3. The monoisotopic (exact) mass is 592 g/mol. The number of ether oxygens (including phenoxy) is 2. The summed E-state index contributed by atoms with van der Waals surface area (Å²) in [5.74, 6) is 1.41. The molecule has 0 aliphatic heterocycles. The van der Waals surface area contributed by atoms with Crippen molar-refractivity contribution in [3.8, 4) is 11.5 Å². The van der Waals surface area contributed by atoms with Crippen LogP contribution in [0.25, 0.3) is 0 Å². The highest BCUT2D eigenvalue weighted by molar-refractivity contribution is 9.14. The van der Waals surface area contributed by atoms with Gasteiger partial charge in [-0.15, -0.1) is 0 Å². The Kier molecular flexibility index (Phi) is 6.99. The van der Waals surface area contributed by atoms with Crippen molar-refractivity contribution in [3.05, 3.63) is 79.0 Å². The fourth-order valence-corrected chi connectivity index (χ4v) is 5.80. The van der Waals surface area contributed by atoms with E-state index in [1.807, 2.05) is 24.3 Å². The molecule has 132 valence electrons. The maximum atomic E-state index is 5.53. The molecule has 6 heteroatoms. The lowest BCUT2D eigenvalue weighted by molar-refractivity contribution is 0.474. The molecule has 0 amide bonds. The number of hydrogen-bond donors (Lipinski definition) is 0. The summed E-state index contributed by atoms with van der Waals surface area (Å²) in [6.45, 7) is 11.5. The first kappa shape index (κ1) is 20.7. The molecule has 2 aromatic rings. The Bertz CT molecular complexity index is 782. The Labute approximate surface area is 181 Å². The molecular weight excluding hydrogens is 580 g/mol. The highest BCUT2D eigenvalue weighted by atomic mass is 79.9. The molecule has 0 aromatic heterocycles. The minimum absolute atomic E-state index is 0.290. The quantitative estimate of drug-likeness (QED) is 0.248. The molecule has 0 saturated heterocycles. The largest absolute Gasteiger partial charge is 0.466 e. The Morgan fingerprint density at radius 2 is 1.28 bits per heavy atom. The fourth-order valence-electron chi connectivity index (χ4n) is 2.54. The molecule has 0 aliphatic carbocycles. The van der Waals surface area contributed by atoms with Gasteiger partial charge in [0.25, 0.3) is 0 Å². The lowest BCUT2D eigenvalue weighted by Gasteiger charge is -2.30. The summed E-state index contributed by atoms with van der Waals surface area (Å²) in [6, 6.07) is 7.96. The van der Waals surface area contributed by atoms with Crippen LogP contribution in [0.15, 0.2) is 67.8 Å². The van der Waals surface area contributed by atoms with Gasteiger partial charge in [0.15, 0.2) is 5.75 Å². The maximum Gasteiger partial charge on any atom is 0.157 e. The van der Waals surface area contributed by atoms with Gasteiger partial charge in [0.2, 0.25) is 0 Å². The van der Waals surface area contributed by atoms with Crippen molar-refractivity contribution >= 4 is 63.7 Å². The molecule has 2 nitrogen and oxygen atoms in total. The van der Waals surface area contributed by atoms with Crippen molar-refractivity contribution in [2.45, 2.75) is 19.3 Å². The normalized spacial score (nSPS) is 11.1. The van der Waals surface area contributed by atoms with Gasteiger partial charge in [0.05, 0.1) is 21.5 Å². The zero-order valence-electron chi connectivity index (χ0n) is 13.7. The third kappa shape index (κ3) is 4.07. The molecule has 0 bridgehead atoms. The highest BCUT2D eigenvalue weighted by Crippen LogP contribution is 2.51. The second-order valence-electron chi connectivity index (χ2n) is 5.68. The Morgan fingerprint density at radius 3 is 1.72 bits per heavy atom. The van der Waals surface area contributed by atoms with E-state index in [0.717, 1.165) is 34.8 Å². The average Bonchev–Trinajstić information content (AvgIpc) is 2.58. The van der Waals surface area contributed by atoms with Crippen molar-refractivity contribution in [2.75, 3.05) is 0 Å². The topological polar surface area (TPSA) is 18.5 Å². The lowest BCUT2D eigenvalue weighted by Crippen LogP contribution is -2.21. The van der Waals surface area contributed by atoms with Crippen LogP contribution in [0.5, 0.6) is 11.5 Å². The second kappa shape index (κ2) is 8.42. The fraction of sp³-hybridized carbons (Fsp3) is 0.158. The SMILES string of the molecule is C=COc1ccc(C(C)(C)c2c(Br)c(Br)c(OC=C)c(Br)c2Br)cc1. The van der Waals surface area contributed by atoms with E-state index < -0.39 is 0 Å². The summed E-state index contributed by atoms with van der Waals surface area (Å²) in [6.07, 6.45) is 2.81. The van der Waals surface area contributed by atoms with Gasteiger partial charge < -0.3 is 9.47 Å². The van der Waals surface area contributed by atoms with Crippen molar-refractivity contribution in [2.24, 2.45) is 0 Å². The van der Waals surface area contributed by atoms with Gasteiger partial charge in [0, 0.05) is 14.4 Å². The van der Waals surface area contributed by atoms with Crippen LogP contribution in [-0.4, -0.2) is 0 Å². The number of hydrogen-bond acceptors (Lipinski definition) is 2. The first-order chi connectivity index (χ1) is 11.8. The molecule has 0 heterocycles. The summed E-state index contributed by atoms with van der Waals surface area (Å²) in [7, 11) is 0. The van der Waals surface area contributed by atoms with Gasteiger partial charge in [-0.05, 0) is 87.0 Å². The molecule has 25 heavy (non-hydrogen) atoms. The average molecular weight is 596 g/mol. The van der Waals surface area contributed by atoms with Crippen LogP contribution >= 0.6 is 63.7 Å². The second-order valence-corrected chi connectivity index (χ2v) is 8.85. The van der Waals surface area contributed by atoms with Crippen molar-refractivity contribution in [3.63, 3.8) is 0 Å². The van der Waals surface area contributed by atoms with Gasteiger partial charge in [-0.25, -0.2) is 0 Å². The Morgan fingerprint density at radius 1 is 0.800 bits per heavy atom. The summed E-state index contributed by atoms with van der Waals surface area (Å²) < 4.78 is 14.3. The first-order valence-corrected chi connectivity index (χ1v) is 10.4. The molecular formula is C19H16Br4O2. The molecule has 0 radical (unpaired) electrons. The maximum absolute atomic E-state index is 5.53. The van der Waals surface area contributed by atoms with E-state index in [1.165, 1.54) is 12.5 Å². The molecule has 0 aliphatic rings. The smallest absolute Gasteiger partial charge is 0.157 e. The zero-order chi connectivity index (χ0) is 18.8. The van der Waals surface area contributed by atoms with Crippen molar-refractivity contribution in [1.82, 2.24) is 0 Å². The van der Waals surface area contributed by atoms with E-state index in [-0.39, 0.29) is 5.41 Å². The van der Waals surface area contributed by atoms with Crippen LogP contribution < -0.4 is 9.47 Å². The Hall–Kier alpha value is -0.560. The van der Waals surface area contributed by atoms with E-state index >= 15 is 0 Å². The number of benzene rings is 2. The van der Waals surface area contributed by atoms with Crippen LogP contribution in [-0.2, 0) is 5.41 Å². The van der Waals surface area contributed by atoms with Crippen molar-refractivity contribution < 1.29 is 9.47 Å². The van der Waals surface area contributed by atoms with Crippen LogP contribution in [0, 0.1) is 0 Å². The molecule has 2 aromatic carbocycles. The molecule has 0 saturated carbocycles. The van der Waals surface area contributed by atoms with E-state index in [1.54, 1.807) is 0 Å². The van der Waals surface area contributed by atoms with E-state index in [4.69, 9.17) is 9.47 Å². The van der Waals surface area contributed by atoms with Crippen LogP contribution in [0.3, 0.4) is 0 Å². The minimum Gasteiger partial charge on any atom is -0.466 e. The highest BCUT2D eigenvalue weighted by Gasteiger charge is 2.32. The molecule has 0 atom stereocenters. The summed E-state index contributed by atoms with van der Waals surface area (Å²) >= 11 is 14.6. The third-order valence-corrected chi connectivity index (χ3v) is 8.01. The first-order valence-electron chi connectivity index (χ1n) is 7.27. The van der Waals surface area contributed by atoms with E-state index in [2.05, 4.69) is 90.7 Å². The predicted molar refractivity (Wildman–Crippen MR) is 117 cm³/mol. The molecule has 0 spiro atoms. The molecule has 0 N–H and O–H groups in total. The van der Waals surface area contributed by atoms with Gasteiger partial charge >= 0.3 is 0 Å². The van der Waals surface area contributed by atoms with E-state index in [0.29, 0.717) is 5.75 Å². The van der Waals surface area contributed by atoms with Gasteiger partial charge in [-0.1, -0.05) is 39.1 Å². The lowest BCUT2D eigenvalue weighted by atomic mass is 9.78. The van der Waals surface area contributed by atoms with E-state index in [9.17, 15) is 0 Å². The summed E-state index contributed by atoms with van der Waals surface area (Å²) in [5.41, 5.74) is 1.93. The minimum atomic E-state index is -0.290. The summed E-state index contributed by atoms with van der Waals surface area (Å²) in [4.78, 5) is 0. The van der Waals surface area contributed by atoms with Gasteiger partial charge in [0.1, 0.15) is 5.75 Å².